The first-order valence-corrected chi connectivity index (χ1v) is 9.17. The Hall–Kier alpha value is -2.40. The van der Waals surface area contributed by atoms with Gasteiger partial charge in [-0.3, -0.25) is 4.90 Å². The first kappa shape index (κ1) is 18.4. The summed E-state index contributed by atoms with van der Waals surface area (Å²) in [5, 5.41) is 2.72. The minimum atomic E-state index is -0.397. The molecule has 2 amide bonds. The molecule has 2 aromatic rings. The lowest BCUT2D eigenvalue weighted by atomic mass is 10.2. The zero-order valence-corrected chi connectivity index (χ0v) is 15.4. The van der Waals surface area contributed by atoms with Crippen LogP contribution in [0.25, 0.3) is 0 Å². The molecular formula is C21H26FN3O. The van der Waals surface area contributed by atoms with Gasteiger partial charge in [-0.15, -0.1) is 0 Å². The van der Waals surface area contributed by atoms with Crippen molar-refractivity contribution in [3.8, 4) is 0 Å². The number of amides is 2. The molecule has 138 valence electrons. The summed E-state index contributed by atoms with van der Waals surface area (Å²) in [5.41, 5.74) is 2.35. The number of benzene rings is 2. The molecule has 1 aliphatic heterocycles. The number of urea groups is 1. The highest BCUT2D eigenvalue weighted by atomic mass is 19.1. The highest BCUT2D eigenvalue weighted by Gasteiger charge is 2.30. The second-order valence-electron chi connectivity index (χ2n) is 6.86. The van der Waals surface area contributed by atoms with Gasteiger partial charge in [0.15, 0.2) is 0 Å². The van der Waals surface area contributed by atoms with Crippen LogP contribution in [-0.4, -0.2) is 41.5 Å². The second kappa shape index (κ2) is 8.32. The van der Waals surface area contributed by atoms with E-state index in [4.69, 9.17) is 0 Å². The van der Waals surface area contributed by atoms with E-state index in [-0.39, 0.29) is 17.8 Å². The van der Waals surface area contributed by atoms with Crippen LogP contribution >= 0.6 is 0 Å². The topological polar surface area (TPSA) is 35.6 Å². The second-order valence-corrected chi connectivity index (χ2v) is 6.86. The molecule has 0 radical (unpaired) electrons. The van der Waals surface area contributed by atoms with Crippen molar-refractivity contribution in [1.82, 2.24) is 9.80 Å². The Balaban J connectivity index is 1.60. The minimum absolute atomic E-state index is 0.150. The third-order valence-electron chi connectivity index (χ3n) is 4.91. The van der Waals surface area contributed by atoms with E-state index in [0.29, 0.717) is 6.54 Å². The Morgan fingerprint density at radius 3 is 2.73 bits per heavy atom. The lowest BCUT2D eigenvalue weighted by Crippen LogP contribution is -2.44. The maximum absolute atomic E-state index is 14.0. The fourth-order valence-corrected chi connectivity index (χ4v) is 3.53. The van der Waals surface area contributed by atoms with Gasteiger partial charge in [0.05, 0.1) is 5.69 Å². The van der Waals surface area contributed by atoms with E-state index < -0.39 is 5.82 Å². The first-order valence-electron chi connectivity index (χ1n) is 9.17. The van der Waals surface area contributed by atoms with Crippen molar-refractivity contribution in [3.63, 3.8) is 0 Å². The molecule has 0 saturated carbocycles. The van der Waals surface area contributed by atoms with Crippen molar-refractivity contribution in [2.45, 2.75) is 32.9 Å². The van der Waals surface area contributed by atoms with Crippen LogP contribution in [-0.2, 0) is 6.54 Å². The molecule has 5 heteroatoms. The van der Waals surface area contributed by atoms with E-state index in [1.165, 1.54) is 11.6 Å². The Morgan fingerprint density at radius 2 is 2.04 bits per heavy atom. The number of nitrogens with one attached hydrogen (secondary N) is 1. The average Bonchev–Trinajstić information content (AvgIpc) is 3.07. The molecule has 0 aromatic heterocycles. The average molecular weight is 355 g/mol. The van der Waals surface area contributed by atoms with E-state index in [1.54, 1.807) is 12.1 Å². The molecule has 1 aliphatic rings. The number of carbonyl (C=O) groups is 1. The number of carbonyl (C=O) groups excluding carboxylic acids is 1. The van der Waals surface area contributed by atoms with Crippen molar-refractivity contribution in [1.29, 1.82) is 0 Å². The van der Waals surface area contributed by atoms with Gasteiger partial charge in [0, 0.05) is 32.2 Å². The van der Waals surface area contributed by atoms with Crippen molar-refractivity contribution in [2.24, 2.45) is 0 Å². The largest absolute Gasteiger partial charge is 0.322 e. The Morgan fingerprint density at radius 1 is 1.27 bits per heavy atom. The number of hydrogen-bond acceptors (Lipinski definition) is 2. The highest BCUT2D eigenvalue weighted by molar-refractivity contribution is 5.89. The lowest BCUT2D eigenvalue weighted by Gasteiger charge is -2.28. The maximum Gasteiger partial charge on any atom is 0.322 e. The molecule has 0 spiro atoms. The van der Waals surface area contributed by atoms with Crippen molar-refractivity contribution in [2.75, 3.05) is 25.0 Å². The van der Waals surface area contributed by atoms with Crippen molar-refractivity contribution >= 4 is 11.7 Å². The summed E-state index contributed by atoms with van der Waals surface area (Å²) in [6, 6.07) is 15.1. The van der Waals surface area contributed by atoms with E-state index in [0.717, 1.165) is 31.6 Å². The van der Waals surface area contributed by atoms with Crippen LogP contribution in [0, 0.1) is 12.7 Å². The van der Waals surface area contributed by atoms with E-state index in [1.807, 2.05) is 36.9 Å². The molecule has 0 bridgehead atoms. The molecular weight excluding hydrogens is 329 g/mol. The highest BCUT2D eigenvalue weighted by Crippen LogP contribution is 2.21. The van der Waals surface area contributed by atoms with Gasteiger partial charge in [-0.25, -0.2) is 9.18 Å². The normalized spacial score (nSPS) is 17.3. The fourth-order valence-electron chi connectivity index (χ4n) is 3.53. The molecule has 4 nitrogen and oxygen atoms in total. The molecule has 0 unspecified atom stereocenters. The SMILES string of the molecule is CCN(C(=O)Nc1ccc(C)cc1F)[C@@H]1CCN(Cc2ccccc2)C1. The summed E-state index contributed by atoms with van der Waals surface area (Å²) >= 11 is 0. The van der Waals surface area contributed by atoms with Crippen molar-refractivity contribution in [3.05, 3.63) is 65.5 Å². The molecule has 0 aliphatic carbocycles. The summed E-state index contributed by atoms with van der Waals surface area (Å²) < 4.78 is 14.0. The van der Waals surface area contributed by atoms with E-state index in [2.05, 4.69) is 22.3 Å². The van der Waals surface area contributed by atoms with Crippen LogP contribution in [0.5, 0.6) is 0 Å². The van der Waals surface area contributed by atoms with Crippen molar-refractivity contribution < 1.29 is 9.18 Å². The van der Waals surface area contributed by atoms with Crippen LogP contribution in [0.4, 0.5) is 14.9 Å². The molecule has 1 heterocycles. The quantitative estimate of drug-likeness (QED) is 0.870. The van der Waals surface area contributed by atoms with Gasteiger partial charge in [0.2, 0.25) is 0 Å². The summed E-state index contributed by atoms with van der Waals surface area (Å²) in [5.74, 6) is -0.397. The number of halogens is 1. The van der Waals surface area contributed by atoms with Gasteiger partial charge in [-0.2, -0.15) is 0 Å². The number of nitrogens with zero attached hydrogens (tertiary/aromatic N) is 2. The van der Waals surface area contributed by atoms with Crippen LogP contribution in [0.15, 0.2) is 48.5 Å². The number of anilines is 1. The van der Waals surface area contributed by atoms with Gasteiger partial charge >= 0.3 is 6.03 Å². The maximum atomic E-state index is 14.0. The number of likely N-dealkylation sites (tertiary alicyclic amines) is 1. The van der Waals surface area contributed by atoms with Crippen LogP contribution in [0.2, 0.25) is 0 Å². The van der Waals surface area contributed by atoms with Gasteiger partial charge in [-0.1, -0.05) is 36.4 Å². The van der Waals surface area contributed by atoms with Gasteiger partial charge in [0.1, 0.15) is 5.82 Å². The zero-order chi connectivity index (χ0) is 18.5. The van der Waals surface area contributed by atoms with Crippen LogP contribution in [0.3, 0.4) is 0 Å². The van der Waals surface area contributed by atoms with Gasteiger partial charge in [-0.05, 0) is 43.5 Å². The molecule has 1 fully saturated rings. The van der Waals surface area contributed by atoms with Gasteiger partial charge < -0.3 is 10.2 Å². The molecule has 3 rings (SSSR count). The molecule has 1 saturated heterocycles. The summed E-state index contributed by atoms with van der Waals surface area (Å²) in [6.45, 7) is 7.08. The van der Waals surface area contributed by atoms with Crippen LogP contribution in [0.1, 0.15) is 24.5 Å². The Labute approximate surface area is 154 Å². The standard InChI is InChI=1S/C21H26FN3O/c1-3-25(21(26)23-20-10-9-16(2)13-19(20)22)18-11-12-24(15-18)14-17-7-5-4-6-8-17/h4-10,13,18H,3,11-12,14-15H2,1-2H3,(H,23,26)/t18-/m1/s1. The molecule has 1 atom stereocenters. The Kier molecular flexibility index (Phi) is 5.89. The smallest absolute Gasteiger partial charge is 0.320 e. The zero-order valence-electron chi connectivity index (χ0n) is 15.4. The number of aryl methyl sites for hydroxylation is 1. The minimum Gasteiger partial charge on any atom is -0.320 e. The molecule has 26 heavy (non-hydrogen) atoms. The monoisotopic (exact) mass is 355 g/mol. The third-order valence-corrected chi connectivity index (χ3v) is 4.91. The predicted molar refractivity (Wildman–Crippen MR) is 103 cm³/mol. The molecule has 2 aromatic carbocycles. The van der Waals surface area contributed by atoms with Gasteiger partial charge in [0.25, 0.3) is 0 Å². The Bertz CT molecular complexity index is 750. The van der Waals surface area contributed by atoms with E-state index >= 15 is 0 Å². The predicted octanol–water partition coefficient (Wildman–Crippen LogP) is 4.26. The summed E-state index contributed by atoms with van der Waals surface area (Å²) in [7, 11) is 0. The summed E-state index contributed by atoms with van der Waals surface area (Å²) in [4.78, 5) is 16.8. The lowest BCUT2D eigenvalue weighted by molar-refractivity contribution is 0.189. The number of rotatable bonds is 5. The first-order chi connectivity index (χ1) is 12.6. The number of likely N-dealkylation sites (N-methyl/N-ethyl adjacent to an activating group) is 1. The van der Waals surface area contributed by atoms with E-state index in [9.17, 15) is 9.18 Å². The van der Waals surface area contributed by atoms with Crippen LogP contribution < -0.4 is 5.32 Å². The summed E-state index contributed by atoms with van der Waals surface area (Å²) in [6.07, 6.45) is 0.935. The third kappa shape index (κ3) is 4.41. The molecule has 1 N–H and O–H groups in total. The fraction of sp³-hybridized carbons (Fsp3) is 0.381. The number of hydrogen-bond donors (Lipinski definition) is 1.